The Labute approximate surface area is 113 Å². The lowest BCUT2D eigenvalue weighted by molar-refractivity contribution is -0.132. The summed E-state index contributed by atoms with van der Waals surface area (Å²) in [5.41, 5.74) is 5.88. The summed E-state index contributed by atoms with van der Waals surface area (Å²) in [7, 11) is -4.08. The van der Waals surface area contributed by atoms with Crippen LogP contribution in [0, 0.1) is 0 Å². The molecular formula is C10H12ClF3N2O2S. The minimum atomic E-state index is -4.43. The van der Waals surface area contributed by atoms with Gasteiger partial charge in [-0.05, 0) is 17.7 Å². The first-order valence-electron chi connectivity index (χ1n) is 5.20. The Kier molecular flexibility index (Phi) is 5.19. The van der Waals surface area contributed by atoms with Crippen molar-refractivity contribution < 1.29 is 21.6 Å². The van der Waals surface area contributed by atoms with Gasteiger partial charge in [0.1, 0.15) is 4.90 Å². The zero-order valence-corrected chi connectivity index (χ0v) is 11.2. The largest absolute Gasteiger partial charge is 0.390 e. The van der Waals surface area contributed by atoms with Crippen molar-refractivity contribution in [3.8, 4) is 0 Å². The molecule has 1 rings (SSSR count). The van der Waals surface area contributed by atoms with Crippen LogP contribution in [0.15, 0.2) is 23.1 Å². The van der Waals surface area contributed by atoms with Crippen molar-refractivity contribution in [2.45, 2.75) is 24.0 Å². The maximum atomic E-state index is 12.0. The number of alkyl halides is 3. The zero-order chi connectivity index (χ0) is 14.7. The minimum absolute atomic E-state index is 0.0725. The molecule has 4 nitrogen and oxygen atoms in total. The van der Waals surface area contributed by atoms with Gasteiger partial charge in [0.05, 0.1) is 11.4 Å². The Morgan fingerprint density at radius 2 is 1.95 bits per heavy atom. The van der Waals surface area contributed by atoms with Gasteiger partial charge in [-0.15, -0.1) is 0 Å². The number of halogens is 4. The van der Waals surface area contributed by atoms with Crippen molar-refractivity contribution in [2.24, 2.45) is 5.73 Å². The lowest BCUT2D eigenvalue weighted by atomic mass is 10.2. The van der Waals surface area contributed by atoms with Crippen LogP contribution in [-0.4, -0.2) is 21.1 Å². The van der Waals surface area contributed by atoms with Crippen molar-refractivity contribution in [3.05, 3.63) is 28.8 Å². The van der Waals surface area contributed by atoms with Gasteiger partial charge in [0.25, 0.3) is 0 Å². The molecule has 1 aromatic rings. The van der Waals surface area contributed by atoms with Crippen molar-refractivity contribution >= 4 is 21.6 Å². The highest BCUT2D eigenvalue weighted by molar-refractivity contribution is 7.89. The lowest BCUT2D eigenvalue weighted by Crippen LogP contribution is -2.28. The second-order valence-electron chi connectivity index (χ2n) is 3.73. The first kappa shape index (κ1) is 16.2. The number of hydrogen-bond acceptors (Lipinski definition) is 3. The van der Waals surface area contributed by atoms with E-state index >= 15 is 0 Å². The van der Waals surface area contributed by atoms with E-state index in [1.54, 1.807) is 0 Å². The Morgan fingerprint density at radius 3 is 2.47 bits per heavy atom. The molecule has 0 saturated carbocycles. The quantitative estimate of drug-likeness (QED) is 0.873. The van der Waals surface area contributed by atoms with Crippen LogP contribution in [0.1, 0.15) is 12.0 Å². The van der Waals surface area contributed by atoms with Gasteiger partial charge in [0, 0.05) is 13.1 Å². The third-order valence-corrected chi connectivity index (χ3v) is 4.16. The Hall–Kier alpha value is -0.830. The van der Waals surface area contributed by atoms with Crippen LogP contribution >= 0.6 is 11.6 Å². The van der Waals surface area contributed by atoms with E-state index in [0.717, 1.165) is 0 Å². The summed E-state index contributed by atoms with van der Waals surface area (Å²) in [6.45, 7) is -0.642. The zero-order valence-electron chi connectivity index (χ0n) is 9.67. The topological polar surface area (TPSA) is 72.2 Å². The van der Waals surface area contributed by atoms with Crippen molar-refractivity contribution in [3.63, 3.8) is 0 Å². The normalized spacial score (nSPS) is 12.7. The van der Waals surface area contributed by atoms with Gasteiger partial charge in [-0.25, -0.2) is 13.1 Å². The van der Waals surface area contributed by atoms with Gasteiger partial charge in [-0.2, -0.15) is 13.2 Å². The maximum Gasteiger partial charge on any atom is 0.390 e. The summed E-state index contributed by atoms with van der Waals surface area (Å²) in [6, 6.07) is 4.11. The fraction of sp³-hybridized carbons (Fsp3) is 0.400. The fourth-order valence-corrected chi connectivity index (χ4v) is 2.87. The Morgan fingerprint density at radius 1 is 1.32 bits per heavy atom. The number of rotatable bonds is 5. The van der Waals surface area contributed by atoms with E-state index in [-0.39, 0.29) is 16.5 Å². The molecule has 0 atom stereocenters. The van der Waals surface area contributed by atoms with E-state index in [4.69, 9.17) is 17.3 Å². The van der Waals surface area contributed by atoms with Gasteiger partial charge in [-0.1, -0.05) is 17.7 Å². The number of hydrogen-bond donors (Lipinski definition) is 2. The number of nitrogens with one attached hydrogen (secondary N) is 1. The number of nitrogens with two attached hydrogens (primary N) is 1. The Bertz CT molecular complexity index is 546. The predicted molar refractivity (Wildman–Crippen MR) is 65.2 cm³/mol. The molecule has 0 aliphatic rings. The molecule has 0 aromatic heterocycles. The Balaban J connectivity index is 2.88. The highest BCUT2D eigenvalue weighted by Gasteiger charge is 2.28. The van der Waals surface area contributed by atoms with Crippen molar-refractivity contribution in [2.75, 3.05) is 6.54 Å². The summed E-state index contributed by atoms with van der Waals surface area (Å²) in [4.78, 5) is -0.278. The molecule has 1 aromatic carbocycles. The number of benzene rings is 1. The molecule has 0 aliphatic heterocycles. The molecular weight excluding hydrogens is 305 g/mol. The van der Waals surface area contributed by atoms with Crippen LogP contribution in [0.25, 0.3) is 0 Å². The van der Waals surface area contributed by atoms with Crippen molar-refractivity contribution in [1.82, 2.24) is 4.72 Å². The second-order valence-corrected chi connectivity index (χ2v) is 5.87. The maximum absolute atomic E-state index is 12.0. The lowest BCUT2D eigenvalue weighted by Gasteiger charge is -2.10. The minimum Gasteiger partial charge on any atom is -0.326 e. The molecule has 108 valence electrons. The van der Waals surface area contributed by atoms with E-state index in [9.17, 15) is 21.6 Å². The van der Waals surface area contributed by atoms with Gasteiger partial charge < -0.3 is 5.73 Å². The van der Waals surface area contributed by atoms with E-state index in [2.05, 4.69) is 0 Å². The van der Waals surface area contributed by atoms with Crippen LogP contribution < -0.4 is 10.5 Å². The standard InChI is InChI=1S/C10H12ClF3N2O2S/c11-8-2-1-7(6-15)5-9(8)19(17,18)16-4-3-10(12,13)14/h1-2,5,16H,3-4,6,15H2. The molecule has 0 unspecified atom stereocenters. The molecule has 0 saturated heterocycles. The molecule has 0 amide bonds. The molecule has 0 bridgehead atoms. The summed E-state index contributed by atoms with van der Waals surface area (Å²) < 4.78 is 61.3. The number of sulfonamides is 1. The molecule has 9 heteroatoms. The van der Waals surface area contributed by atoms with Gasteiger partial charge >= 0.3 is 6.18 Å². The molecule has 3 N–H and O–H groups in total. The van der Waals surface area contributed by atoms with Crippen molar-refractivity contribution in [1.29, 1.82) is 0 Å². The molecule has 0 aliphatic carbocycles. The summed E-state index contributed by atoms with van der Waals surface area (Å²) >= 11 is 5.72. The monoisotopic (exact) mass is 316 g/mol. The summed E-state index contributed by atoms with van der Waals surface area (Å²) in [5, 5.41) is -0.0725. The van der Waals surface area contributed by atoms with E-state index in [1.807, 2.05) is 4.72 Å². The second kappa shape index (κ2) is 6.08. The van der Waals surface area contributed by atoms with Crippen LogP contribution in [0.2, 0.25) is 5.02 Å². The average molecular weight is 317 g/mol. The van der Waals surface area contributed by atoms with E-state index in [0.29, 0.717) is 5.56 Å². The van der Waals surface area contributed by atoms with Gasteiger partial charge in [-0.3, -0.25) is 0 Å². The molecule has 0 fully saturated rings. The summed E-state index contributed by atoms with van der Waals surface area (Å²) in [5.74, 6) is 0. The molecule has 0 spiro atoms. The molecule has 0 heterocycles. The first-order valence-corrected chi connectivity index (χ1v) is 7.07. The van der Waals surface area contributed by atoms with E-state index in [1.165, 1.54) is 18.2 Å². The van der Waals surface area contributed by atoms with Crippen LogP contribution in [0.5, 0.6) is 0 Å². The molecule has 0 radical (unpaired) electrons. The highest BCUT2D eigenvalue weighted by Crippen LogP contribution is 2.23. The SMILES string of the molecule is NCc1ccc(Cl)c(S(=O)(=O)NCCC(F)(F)F)c1. The summed E-state index contributed by atoms with van der Waals surface area (Å²) in [6.07, 6.45) is -5.67. The third-order valence-electron chi connectivity index (χ3n) is 2.22. The smallest absolute Gasteiger partial charge is 0.326 e. The van der Waals surface area contributed by atoms with Crippen LogP contribution in [-0.2, 0) is 16.6 Å². The van der Waals surface area contributed by atoms with Gasteiger partial charge in [0.2, 0.25) is 10.0 Å². The van der Waals surface area contributed by atoms with Crippen LogP contribution in [0.3, 0.4) is 0 Å². The van der Waals surface area contributed by atoms with Gasteiger partial charge in [0.15, 0.2) is 0 Å². The predicted octanol–water partition coefficient (Wildman–Crippen LogP) is 2.03. The molecule has 19 heavy (non-hydrogen) atoms. The fourth-order valence-electron chi connectivity index (χ4n) is 1.29. The average Bonchev–Trinajstić information content (AvgIpc) is 2.27. The first-order chi connectivity index (χ1) is 8.65. The van der Waals surface area contributed by atoms with Crippen LogP contribution in [0.4, 0.5) is 13.2 Å². The highest BCUT2D eigenvalue weighted by atomic mass is 35.5. The third kappa shape index (κ3) is 4.98. The van der Waals surface area contributed by atoms with E-state index < -0.39 is 29.2 Å².